The van der Waals surface area contributed by atoms with Crippen molar-refractivity contribution in [3.63, 3.8) is 0 Å². The van der Waals surface area contributed by atoms with E-state index in [1.807, 2.05) is 6.07 Å². The molecule has 0 saturated carbocycles. The predicted octanol–water partition coefficient (Wildman–Crippen LogP) is 3.43. The van der Waals surface area contributed by atoms with Crippen LogP contribution in [0.5, 0.6) is 5.75 Å². The highest BCUT2D eigenvalue weighted by Gasteiger charge is 2.03. The Morgan fingerprint density at radius 1 is 1.32 bits per heavy atom. The first-order valence-corrected chi connectivity index (χ1v) is 7.11. The average Bonchev–Trinajstić information content (AvgIpc) is 2.81. The van der Waals surface area contributed by atoms with E-state index < -0.39 is 0 Å². The Labute approximate surface area is 115 Å². The first-order valence-electron chi connectivity index (χ1n) is 7.11. The van der Waals surface area contributed by atoms with Crippen molar-refractivity contribution in [3.05, 3.63) is 30.5 Å². The van der Waals surface area contributed by atoms with Crippen LogP contribution in [0.15, 0.2) is 30.5 Å². The molecule has 0 amide bonds. The minimum atomic E-state index is 0.604. The van der Waals surface area contributed by atoms with E-state index in [9.17, 15) is 0 Å². The van der Waals surface area contributed by atoms with E-state index in [1.54, 1.807) is 7.11 Å². The summed E-state index contributed by atoms with van der Waals surface area (Å²) in [6.45, 7) is 6.49. The van der Waals surface area contributed by atoms with E-state index in [0.29, 0.717) is 6.04 Å². The summed E-state index contributed by atoms with van der Waals surface area (Å²) >= 11 is 0. The van der Waals surface area contributed by atoms with Crippen LogP contribution in [0, 0.1) is 0 Å². The number of rotatable bonds is 7. The van der Waals surface area contributed by atoms with Crippen molar-refractivity contribution >= 4 is 10.9 Å². The molecule has 1 atom stereocenters. The zero-order valence-electron chi connectivity index (χ0n) is 12.1. The van der Waals surface area contributed by atoms with Gasteiger partial charge in [-0.15, -0.1) is 0 Å². The van der Waals surface area contributed by atoms with Crippen molar-refractivity contribution < 1.29 is 4.74 Å². The maximum Gasteiger partial charge on any atom is 0.119 e. The van der Waals surface area contributed by atoms with Gasteiger partial charge in [0.15, 0.2) is 0 Å². The molecular formula is C16H24N2O. The normalized spacial score (nSPS) is 12.8. The molecule has 0 fully saturated rings. The van der Waals surface area contributed by atoms with Crippen molar-refractivity contribution in [1.82, 2.24) is 9.88 Å². The van der Waals surface area contributed by atoms with Crippen LogP contribution in [0.25, 0.3) is 10.9 Å². The molecule has 104 valence electrons. The lowest BCUT2D eigenvalue weighted by Crippen LogP contribution is -2.29. The third kappa shape index (κ3) is 3.51. The summed E-state index contributed by atoms with van der Waals surface area (Å²) < 4.78 is 7.54. The predicted molar refractivity (Wildman–Crippen MR) is 80.9 cm³/mol. The lowest BCUT2D eigenvalue weighted by atomic mass is 10.2. The lowest BCUT2D eigenvalue weighted by Gasteiger charge is -2.13. The fourth-order valence-electron chi connectivity index (χ4n) is 2.47. The largest absolute Gasteiger partial charge is 0.497 e. The fraction of sp³-hybridized carbons (Fsp3) is 0.500. The molecule has 3 nitrogen and oxygen atoms in total. The number of ether oxygens (including phenoxy) is 1. The van der Waals surface area contributed by atoms with E-state index in [0.717, 1.165) is 18.8 Å². The quantitative estimate of drug-likeness (QED) is 0.825. The van der Waals surface area contributed by atoms with Crippen molar-refractivity contribution in [2.75, 3.05) is 13.7 Å². The summed E-state index contributed by atoms with van der Waals surface area (Å²) in [6, 6.07) is 8.98. The smallest absolute Gasteiger partial charge is 0.119 e. The second-order valence-electron chi connectivity index (χ2n) is 5.08. The Bertz CT molecular complexity index is 518. The van der Waals surface area contributed by atoms with Gasteiger partial charge in [-0.1, -0.05) is 13.3 Å². The molecule has 2 rings (SSSR count). The third-order valence-electron chi connectivity index (χ3n) is 3.55. The molecule has 1 N–H and O–H groups in total. The van der Waals surface area contributed by atoms with Gasteiger partial charge in [-0.3, -0.25) is 0 Å². The molecular weight excluding hydrogens is 236 g/mol. The molecule has 0 spiro atoms. The van der Waals surface area contributed by atoms with Gasteiger partial charge in [0, 0.05) is 36.2 Å². The van der Waals surface area contributed by atoms with Crippen molar-refractivity contribution in [2.45, 2.75) is 39.3 Å². The van der Waals surface area contributed by atoms with Crippen LogP contribution >= 0.6 is 0 Å². The summed E-state index contributed by atoms with van der Waals surface area (Å²) in [5.74, 6) is 0.917. The molecule has 0 radical (unpaired) electrons. The van der Waals surface area contributed by atoms with Gasteiger partial charge in [0.05, 0.1) is 7.11 Å². The van der Waals surface area contributed by atoms with Crippen LogP contribution in [0.1, 0.15) is 26.7 Å². The summed E-state index contributed by atoms with van der Waals surface area (Å²) in [6.07, 6.45) is 4.63. The summed E-state index contributed by atoms with van der Waals surface area (Å²) in [5.41, 5.74) is 1.27. The maximum absolute atomic E-state index is 5.25. The molecule has 2 aromatic rings. The Morgan fingerprint density at radius 3 is 2.89 bits per heavy atom. The number of aromatic nitrogens is 1. The number of benzene rings is 1. The number of methoxy groups -OCH3 is 1. The second-order valence-corrected chi connectivity index (χ2v) is 5.08. The topological polar surface area (TPSA) is 26.2 Å². The van der Waals surface area contributed by atoms with Crippen LogP contribution in [0.3, 0.4) is 0 Å². The monoisotopic (exact) mass is 260 g/mol. The van der Waals surface area contributed by atoms with E-state index >= 15 is 0 Å². The van der Waals surface area contributed by atoms with Gasteiger partial charge in [0.25, 0.3) is 0 Å². The molecule has 0 aliphatic rings. The minimum absolute atomic E-state index is 0.604. The molecule has 1 aromatic heterocycles. The van der Waals surface area contributed by atoms with Crippen molar-refractivity contribution in [1.29, 1.82) is 0 Å². The lowest BCUT2D eigenvalue weighted by molar-refractivity contribution is 0.415. The van der Waals surface area contributed by atoms with Crippen molar-refractivity contribution in [2.24, 2.45) is 0 Å². The first-order chi connectivity index (χ1) is 9.24. The second kappa shape index (κ2) is 6.62. The van der Waals surface area contributed by atoms with Gasteiger partial charge in [-0.25, -0.2) is 0 Å². The highest BCUT2D eigenvalue weighted by atomic mass is 16.5. The first kappa shape index (κ1) is 13.9. The summed E-state index contributed by atoms with van der Waals surface area (Å²) in [7, 11) is 1.71. The van der Waals surface area contributed by atoms with E-state index in [1.165, 1.54) is 23.7 Å². The highest BCUT2D eigenvalue weighted by molar-refractivity contribution is 5.81. The maximum atomic E-state index is 5.25. The summed E-state index contributed by atoms with van der Waals surface area (Å²) in [4.78, 5) is 0. The van der Waals surface area contributed by atoms with E-state index in [-0.39, 0.29) is 0 Å². The molecule has 0 aliphatic carbocycles. The van der Waals surface area contributed by atoms with E-state index in [4.69, 9.17) is 4.74 Å². The van der Waals surface area contributed by atoms with Crippen LogP contribution < -0.4 is 10.1 Å². The fourth-order valence-corrected chi connectivity index (χ4v) is 2.47. The van der Waals surface area contributed by atoms with Gasteiger partial charge in [0.2, 0.25) is 0 Å². The van der Waals surface area contributed by atoms with Crippen LogP contribution in [0.4, 0.5) is 0 Å². The average molecular weight is 260 g/mol. The molecule has 19 heavy (non-hydrogen) atoms. The zero-order chi connectivity index (χ0) is 13.7. The number of hydrogen-bond donors (Lipinski definition) is 1. The number of nitrogens with zero attached hydrogens (tertiary/aromatic N) is 1. The van der Waals surface area contributed by atoms with Crippen LogP contribution in [-0.4, -0.2) is 24.3 Å². The minimum Gasteiger partial charge on any atom is -0.497 e. The number of hydrogen-bond acceptors (Lipinski definition) is 2. The Kier molecular flexibility index (Phi) is 4.86. The van der Waals surface area contributed by atoms with Gasteiger partial charge in [0.1, 0.15) is 5.75 Å². The molecule has 0 bridgehead atoms. The standard InChI is InChI=1S/C16H24N2O/c1-4-5-13(2)17-9-11-18-10-8-14-12-15(19-3)6-7-16(14)18/h6-8,10,12-13,17H,4-5,9,11H2,1-3H3. The number of fused-ring (bicyclic) bond motifs is 1. The summed E-state index contributed by atoms with van der Waals surface area (Å²) in [5, 5.41) is 4.80. The molecule has 1 unspecified atom stereocenters. The van der Waals surface area contributed by atoms with E-state index in [2.05, 4.69) is 48.1 Å². The number of nitrogens with one attached hydrogen (secondary N) is 1. The third-order valence-corrected chi connectivity index (χ3v) is 3.55. The molecule has 0 saturated heterocycles. The van der Waals surface area contributed by atoms with Gasteiger partial charge in [-0.05, 0) is 37.6 Å². The molecule has 1 aromatic carbocycles. The zero-order valence-corrected chi connectivity index (χ0v) is 12.1. The Balaban J connectivity index is 1.97. The Hall–Kier alpha value is -1.48. The Morgan fingerprint density at radius 2 is 2.16 bits per heavy atom. The van der Waals surface area contributed by atoms with Crippen molar-refractivity contribution in [3.8, 4) is 5.75 Å². The molecule has 0 aliphatic heterocycles. The molecule has 3 heteroatoms. The highest BCUT2D eigenvalue weighted by Crippen LogP contribution is 2.21. The SMILES string of the molecule is CCCC(C)NCCn1ccc2cc(OC)ccc21. The van der Waals surface area contributed by atoms with Gasteiger partial charge in [-0.2, -0.15) is 0 Å². The van der Waals surface area contributed by atoms with Gasteiger partial charge < -0.3 is 14.6 Å². The van der Waals surface area contributed by atoms with Gasteiger partial charge >= 0.3 is 0 Å². The molecule has 1 heterocycles. The van der Waals surface area contributed by atoms with Crippen LogP contribution in [0.2, 0.25) is 0 Å². The van der Waals surface area contributed by atoms with Crippen LogP contribution in [-0.2, 0) is 6.54 Å².